The maximum absolute atomic E-state index is 6.23. The molecule has 0 aromatic rings. The van der Waals surface area contributed by atoms with E-state index >= 15 is 0 Å². The molecule has 3 saturated heterocycles. The Balaban J connectivity index is 1.79. The van der Waals surface area contributed by atoms with Gasteiger partial charge in [-0.05, 0) is 32.6 Å². The molecule has 0 saturated carbocycles. The molecule has 0 aliphatic carbocycles. The molecule has 0 aromatic heterocycles. The Morgan fingerprint density at radius 2 is 2.12 bits per heavy atom. The fourth-order valence-electron chi connectivity index (χ4n) is 3.12. The van der Waals surface area contributed by atoms with E-state index in [2.05, 4.69) is 6.92 Å². The number of methoxy groups -OCH3 is 1. The zero-order valence-electron chi connectivity index (χ0n) is 10.0. The first-order valence-electron chi connectivity index (χ1n) is 6.17. The van der Waals surface area contributed by atoms with Crippen molar-refractivity contribution in [3.63, 3.8) is 0 Å². The van der Waals surface area contributed by atoms with Gasteiger partial charge in [-0.3, -0.25) is 0 Å². The highest BCUT2D eigenvalue weighted by Crippen LogP contribution is 2.50. The van der Waals surface area contributed by atoms with Crippen LogP contribution in [-0.2, 0) is 18.9 Å². The molecular formula is C12H20O4. The molecule has 4 nitrogen and oxygen atoms in total. The third kappa shape index (κ3) is 1.59. The van der Waals surface area contributed by atoms with Gasteiger partial charge in [0.15, 0.2) is 0 Å². The minimum absolute atomic E-state index is 0.192. The maximum Gasteiger partial charge on any atom is 0.220 e. The lowest BCUT2D eigenvalue weighted by atomic mass is 9.88. The highest BCUT2D eigenvalue weighted by Gasteiger charge is 2.64. The van der Waals surface area contributed by atoms with E-state index in [9.17, 15) is 0 Å². The molecule has 0 unspecified atom stereocenters. The summed E-state index contributed by atoms with van der Waals surface area (Å²) >= 11 is 0. The zero-order valence-corrected chi connectivity index (χ0v) is 10.0. The Kier molecular flexibility index (Phi) is 2.51. The molecule has 16 heavy (non-hydrogen) atoms. The van der Waals surface area contributed by atoms with Crippen molar-refractivity contribution < 1.29 is 18.9 Å². The minimum Gasteiger partial charge on any atom is -0.379 e. The first-order valence-corrected chi connectivity index (χ1v) is 6.17. The zero-order chi connectivity index (χ0) is 11.2. The standard InChI is InChI=1S/C12H20O4/c1-11-6-3-7-14-9(11)4-5-10-12(15-10,16-11)8-13-2/h9-10H,3-8H2,1-2H3/t9-,10+,11+,12-/m1/s1. The van der Waals surface area contributed by atoms with Crippen molar-refractivity contribution in [3.8, 4) is 0 Å². The number of fused-ring (bicyclic) bond motifs is 2. The number of rotatable bonds is 2. The molecule has 3 aliphatic heterocycles. The number of epoxide rings is 1. The molecule has 0 bridgehead atoms. The van der Waals surface area contributed by atoms with Crippen LogP contribution >= 0.6 is 0 Å². The van der Waals surface area contributed by atoms with Gasteiger partial charge >= 0.3 is 0 Å². The van der Waals surface area contributed by atoms with Crippen molar-refractivity contribution in [1.82, 2.24) is 0 Å². The number of ether oxygens (including phenoxy) is 4. The summed E-state index contributed by atoms with van der Waals surface area (Å²) < 4.78 is 23.0. The quantitative estimate of drug-likeness (QED) is 0.671. The summed E-state index contributed by atoms with van der Waals surface area (Å²) in [5.41, 5.74) is -0.192. The fraction of sp³-hybridized carbons (Fsp3) is 1.00. The smallest absolute Gasteiger partial charge is 0.220 e. The molecule has 0 radical (unpaired) electrons. The van der Waals surface area contributed by atoms with Gasteiger partial charge in [0, 0.05) is 13.7 Å². The van der Waals surface area contributed by atoms with Gasteiger partial charge in [-0.2, -0.15) is 0 Å². The monoisotopic (exact) mass is 228 g/mol. The predicted molar refractivity (Wildman–Crippen MR) is 57.2 cm³/mol. The molecule has 0 amide bonds. The molecule has 3 aliphatic rings. The molecule has 0 N–H and O–H groups in total. The average molecular weight is 228 g/mol. The molecule has 0 spiro atoms. The Hall–Kier alpha value is -0.160. The van der Waals surface area contributed by atoms with Gasteiger partial charge in [0.1, 0.15) is 12.7 Å². The molecule has 4 atom stereocenters. The topological polar surface area (TPSA) is 40.2 Å². The van der Waals surface area contributed by atoms with Crippen molar-refractivity contribution in [2.24, 2.45) is 0 Å². The molecular weight excluding hydrogens is 208 g/mol. The molecule has 3 heterocycles. The summed E-state index contributed by atoms with van der Waals surface area (Å²) in [6.45, 7) is 3.55. The van der Waals surface area contributed by atoms with Gasteiger partial charge in [0.25, 0.3) is 0 Å². The van der Waals surface area contributed by atoms with E-state index in [0.717, 1.165) is 32.3 Å². The van der Waals surface area contributed by atoms with Crippen molar-refractivity contribution in [2.45, 2.75) is 56.2 Å². The van der Waals surface area contributed by atoms with E-state index in [1.807, 2.05) is 0 Å². The lowest BCUT2D eigenvalue weighted by Crippen LogP contribution is -2.49. The first-order chi connectivity index (χ1) is 7.69. The van der Waals surface area contributed by atoms with Crippen LogP contribution in [0.25, 0.3) is 0 Å². The van der Waals surface area contributed by atoms with E-state index in [-0.39, 0.29) is 17.8 Å². The average Bonchev–Trinajstić information content (AvgIpc) is 2.90. The molecule has 4 heteroatoms. The highest BCUT2D eigenvalue weighted by atomic mass is 16.8. The lowest BCUT2D eigenvalue weighted by molar-refractivity contribution is -0.230. The van der Waals surface area contributed by atoms with Gasteiger partial charge in [-0.15, -0.1) is 0 Å². The Morgan fingerprint density at radius 3 is 2.94 bits per heavy atom. The second-order valence-corrected chi connectivity index (χ2v) is 5.31. The second kappa shape index (κ2) is 3.67. The number of hydrogen-bond donors (Lipinski definition) is 0. The molecule has 3 rings (SSSR count). The van der Waals surface area contributed by atoms with Crippen LogP contribution < -0.4 is 0 Å². The van der Waals surface area contributed by atoms with Crippen LogP contribution in [-0.4, -0.2) is 43.9 Å². The fourth-order valence-corrected chi connectivity index (χ4v) is 3.12. The maximum atomic E-state index is 6.23. The van der Waals surface area contributed by atoms with Crippen molar-refractivity contribution in [3.05, 3.63) is 0 Å². The van der Waals surface area contributed by atoms with Crippen LogP contribution in [0.4, 0.5) is 0 Å². The van der Waals surface area contributed by atoms with E-state index in [0.29, 0.717) is 6.61 Å². The highest BCUT2D eigenvalue weighted by molar-refractivity contribution is 5.04. The van der Waals surface area contributed by atoms with Crippen LogP contribution in [0.3, 0.4) is 0 Å². The van der Waals surface area contributed by atoms with Crippen molar-refractivity contribution in [1.29, 1.82) is 0 Å². The Morgan fingerprint density at radius 1 is 1.31 bits per heavy atom. The molecule has 0 aromatic carbocycles. The Bertz CT molecular complexity index is 282. The second-order valence-electron chi connectivity index (χ2n) is 5.31. The van der Waals surface area contributed by atoms with Crippen molar-refractivity contribution >= 4 is 0 Å². The predicted octanol–water partition coefficient (Wildman–Crippen LogP) is 1.48. The summed E-state index contributed by atoms with van der Waals surface area (Å²) in [5.74, 6) is -0.473. The van der Waals surface area contributed by atoms with E-state index in [1.54, 1.807) is 7.11 Å². The van der Waals surface area contributed by atoms with Gasteiger partial charge in [-0.25, -0.2) is 0 Å². The Labute approximate surface area is 96.2 Å². The summed E-state index contributed by atoms with van der Waals surface area (Å²) in [7, 11) is 1.69. The van der Waals surface area contributed by atoms with E-state index < -0.39 is 5.79 Å². The van der Waals surface area contributed by atoms with Crippen LogP contribution in [0.1, 0.15) is 32.6 Å². The SMILES string of the molecule is COC[C@]12O[C@H]1CC[C@H]1OCCC[C@]1(C)O2. The van der Waals surface area contributed by atoms with Crippen molar-refractivity contribution in [2.75, 3.05) is 20.3 Å². The van der Waals surface area contributed by atoms with Gasteiger partial charge in [0.2, 0.25) is 5.79 Å². The van der Waals surface area contributed by atoms with E-state index in [4.69, 9.17) is 18.9 Å². The first kappa shape index (κ1) is 11.0. The van der Waals surface area contributed by atoms with Crippen LogP contribution in [0, 0.1) is 0 Å². The van der Waals surface area contributed by atoms with Crippen LogP contribution in [0.5, 0.6) is 0 Å². The third-order valence-corrected chi connectivity index (χ3v) is 4.04. The van der Waals surface area contributed by atoms with Gasteiger partial charge < -0.3 is 18.9 Å². The van der Waals surface area contributed by atoms with E-state index in [1.165, 1.54) is 0 Å². The van der Waals surface area contributed by atoms with Crippen LogP contribution in [0.2, 0.25) is 0 Å². The largest absolute Gasteiger partial charge is 0.379 e. The molecule has 92 valence electrons. The van der Waals surface area contributed by atoms with Gasteiger partial charge in [0.05, 0.1) is 11.7 Å². The third-order valence-electron chi connectivity index (χ3n) is 4.04. The van der Waals surface area contributed by atoms with Gasteiger partial charge in [-0.1, -0.05) is 0 Å². The molecule has 3 fully saturated rings. The van der Waals surface area contributed by atoms with Crippen LogP contribution in [0.15, 0.2) is 0 Å². The normalized spacial score (nSPS) is 51.4. The summed E-state index contributed by atoms with van der Waals surface area (Å²) in [6.07, 6.45) is 4.61. The summed E-state index contributed by atoms with van der Waals surface area (Å²) in [6, 6.07) is 0. The summed E-state index contributed by atoms with van der Waals surface area (Å²) in [5, 5.41) is 0. The summed E-state index contributed by atoms with van der Waals surface area (Å²) in [4.78, 5) is 0. The lowest BCUT2D eigenvalue weighted by Gasteiger charge is -2.41. The minimum atomic E-state index is -0.473. The number of hydrogen-bond acceptors (Lipinski definition) is 4.